The first-order valence-electron chi connectivity index (χ1n) is 12.3. The zero-order chi connectivity index (χ0) is 23.1. The summed E-state index contributed by atoms with van der Waals surface area (Å²) in [6.07, 6.45) is 6.33. The van der Waals surface area contributed by atoms with Crippen LogP contribution in [0.4, 0.5) is 16.0 Å². The van der Waals surface area contributed by atoms with Crippen molar-refractivity contribution in [1.29, 1.82) is 0 Å². The Morgan fingerprint density at radius 2 is 1.91 bits per heavy atom. The molecule has 6 rings (SSSR count). The van der Waals surface area contributed by atoms with Gasteiger partial charge in [0.15, 0.2) is 5.65 Å². The molecule has 6 nitrogen and oxygen atoms in total. The molecule has 5 heterocycles. The highest BCUT2D eigenvalue weighted by molar-refractivity contribution is 5.62. The van der Waals surface area contributed by atoms with E-state index in [2.05, 4.69) is 33.8 Å². The molecule has 0 saturated carbocycles. The van der Waals surface area contributed by atoms with Gasteiger partial charge < -0.3 is 9.80 Å². The van der Waals surface area contributed by atoms with Crippen LogP contribution >= 0.6 is 0 Å². The molecule has 2 aliphatic heterocycles. The number of aromatic nitrogens is 4. The molecule has 0 spiro atoms. The van der Waals surface area contributed by atoms with Gasteiger partial charge in [-0.2, -0.15) is 0 Å². The minimum Gasteiger partial charge on any atom is -0.356 e. The van der Waals surface area contributed by atoms with Crippen molar-refractivity contribution in [1.82, 2.24) is 19.6 Å². The van der Waals surface area contributed by atoms with Crippen LogP contribution in [0.1, 0.15) is 44.2 Å². The molecule has 0 aliphatic carbocycles. The molecule has 34 heavy (non-hydrogen) atoms. The molecule has 0 unspecified atom stereocenters. The van der Waals surface area contributed by atoms with Crippen LogP contribution in [0.25, 0.3) is 17.0 Å². The molecule has 7 heteroatoms. The van der Waals surface area contributed by atoms with Gasteiger partial charge in [-0.3, -0.25) is 0 Å². The second-order valence-corrected chi connectivity index (χ2v) is 9.40. The van der Waals surface area contributed by atoms with Gasteiger partial charge in [-0.1, -0.05) is 31.5 Å². The van der Waals surface area contributed by atoms with Crippen LogP contribution in [0.2, 0.25) is 0 Å². The maximum absolute atomic E-state index is 13.9. The predicted molar refractivity (Wildman–Crippen MR) is 133 cm³/mol. The molecule has 0 N–H and O–H groups in total. The fourth-order valence-electron chi connectivity index (χ4n) is 5.41. The number of rotatable bonds is 5. The van der Waals surface area contributed by atoms with Crippen molar-refractivity contribution < 1.29 is 4.39 Å². The molecule has 2 atom stereocenters. The second kappa shape index (κ2) is 8.70. The van der Waals surface area contributed by atoms with Crippen LogP contribution in [-0.2, 0) is 0 Å². The Bertz CT molecular complexity index is 1320. The van der Waals surface area contributed by atoms with E-state index in [-0.39, 0.29) is 11.9 Å². The Hall–Kier alpha value is -3.48. The van der Waals surface area contributed by atoms with Gasteiger partial charge in [-0.25, -0.2) is 18.9 Å². The summed E-state index contributed by atoms with van der Waals surface area (Å²) >= 11 is 0. The Morgan fingerprint density at radius 3 is 2.76 bits per heavy atom. The lowest BCUT2D eigenvalue weighted by molar-refractivity contribution is 0.569. The van der Waals surface area contributed by atoms with Crippen LogP contribution in [0.15, 0.2) is 60.8 Å². The number of halogens is 1. The highest BCUT2D eigenvalue weighted by atomic mass is 19.1. The predicted octanol–water partition coefficient (Wildman–Crippen LogP) is 5.51. The topological polar surface area (TPSA) is 49.6 Å². The van der Waals surface area contributed by atoms with E-state index in [0.29, 0.717) is 0 Å². The summed E-state index contributed by atoms with van der Waals surface area (Å²) in [5.41, 5.74) is 3.54. The number of imidazole rings is 1. The summed E-state index contributed by atoms with van der Waals surface area (Å²) in [4.78, 5) is 14.2. The van der Waals surface area contributed by atoms with Gasteiger partial charge in [0.2, 0.25) is 0 Å². The van der Waals surface area contributed by atoms with E-state index < -0.39 is 0 Å². The van der Waals surface area contributed by atoms with Crippen molar-refractivity contribution in [2.75, 3.05) is 29.4 Å². The fourth-order valence-corrected chi connectivity index (χ4v) is 5.41. The first kappa shape index (κ1) is 21.1. The third kappa shape index (κ3) is 3.79. The normalized spacial score (nSPS) is 20.5. The molecule has 2 saturated heterocycles. The SMILES string of the molecule is CC[C@@H]1CCN(c2cccc(-c3cnc4ccc(N5CCC[C@@H]5c5cccc(F)c5)nn34)n2)C1. The van der Waals surface area contributed by atoms with Crippen LogP contribution < -0.4 is 9.80 Å². The van der Waals surface area contributed by atoms with E-state index in [1.807, 2.05) is 35.0 Å². The van der Waals surface area contributed by atoms with Gasteiger partial charge in [0.1, 0.15) is 23.1 Å². The summed E-state index contributed by atoms with van der Waals surface area (Å²) in [6, 6.07) is 17.3. The first-order chi connectivity index (χ1) is 16.7. The molecule has 0 amide bonds. The van der Waals surface area contributed by atoms with Gasteiger partial charge in [-0.15, -0.1) is 5.10 Å². The summed E-state index contributed by atoms with van der Waals surface area (Å²) in [6.45, 7) is 5.28. The Balaban J connectivity index is 1.34. The van der Waals surface area contributed by atoms with Crippen LogP contribution in [0, 0.1) is 11.7 Å². The van der Waals surface area contributed by atoms with E-state index in [9.17, 15) is 4.39 Å². The maximum Gasteiger partial charge on any atom is 0.154 e. The number of hydrogen-bond donors (Lipinski definition) is 0. The minimum atomic E-state index is -0.195. The van der Waals surface area contributed by atoms with Crippen molar-refractivity contribution in [3.63, 3.8) is 0 Å². The summed E-state index contributed by atoms with van der Waals surface area (Å²) < 4.78 is 15.8. The molecule has 1 aromatic carbocycles. The van der Waals surface area contributed by atoms with E-state index in [1.54, 1.807) is 12.1 Å². The monoisotopic (exact) mass is 456 g/mol. The average Bonchev–Trinajstić information content (AvgIpc) is 3.63. The Kier molecular flexibility index (Phi) is 5.40. The van der Waals surface area contributed by atoms with Gasteiger partial charge in [0.25, 0.3) is 0 Å². The smallest absolute Gasteiger partial charge is 0.154 e. The van der Waals surface area contributed by atoms with Crippen LogP contribution in [0.5, 0.6) is 0 Å². The Morgan fingerprint density at radius 1 is 1.00 bits per heavy atom. The number of pyridine rings is 1. The molecule has 0 bridgehead atoms. The number of nitrogens with zero attached hydrogens (tertiary/aromatic N) is 6. The summed E-state index contributed by atoms with van der Waals surface area (Å²) in [5, 5.41) is 4.98. The van der Waals surface area contributed by atoms with Crippen LogP contribution in [-0.4, -0.2) is 39.2 Å². The second-order valence-electron chi connectivity index (χ2n) is 9.40. The lowest BCUT2D eigenvalue weighted by atomic mass is 10.0. The third-order valence-corrected chi connectivity index (χ3v) is 7.31. The number of fused-ring (bicyclic) bond motifs is 1. The zero-order valence-electron chi connectivity index (χ0n) is 19.4. The van der Waals surface area contributed by atoms with E-state index >= 15 is 0 Å². The number of hydrogen-bond acceptors (Lipinski definition) is 5. The molecule has 2 fully saturated rings. The quantitative estimate of drug-likeness (QED) is 0.396. The molecule has 2 aliphatic rings. The van der Waals surface area contributed by atoms with Crippen molar-refractivity contribution in [3.8, 4) is 11.4 Å². The van der Waals surface area contributed by atoms with Gasteiger partial charge in [0, 0.05) is 19.6 Å². The maximum atomic E-state index is 13.9. The first-order valence-corrected chi connectivity index (χ1v) is 12.3. The van der Waals surface area contributed by atoms with Crippen molar-refractivity contribution in [2.24, 2.45) is 5.92 Å². The Labute approximate surface area is 199 Å². The highest BCUT2D eigenvalue weighted by Crippen LogP contribution is 2.36. The molecular formula is C27H29FN6. The van der Waals surface area contributed by atoms with Crippen LogP contribution in [0.3, 0.4) is 0 Å². The molecule has 4 aromatic rings. The largest absolute Gasteiger partial charge is 0.356 e. The molecule has 174 valence electrons. The minimum absolute atomic E-state index is 0.121. The van der Waals surface area contributed by atoms with E-state index in [4.69, 9.17) is 10.1 Å². The van der Waals surface area contributed by atoms with Crippen molar-refractivity contribution >= 4 is 17.3 Å². The summed E-state index contributed by atoms with van der Waals surface area (Å²) in [5.74, 6) is 2.45. The lowest BCUT2D eigenvalue weighted by Crippen LogP contribution is -2.24. The van der Waals surface area contributed by atoms with Crippen molar-refractivity contribution in [3.05, 3.63) is 72.2 Å². The van der Waals surface area contributed by atoms with Gasteiger partial charge >= 0.3 is 0 Å². The zero-order valence-corrected chi connectivity index (χ0v) is 19.4. The standard InChI is InChI=1S/C27H29FN6/c1-2-19-13-15-32(18-19)26-10-4-8-22(30-26)24-17-29-25-11-12-27(31-34(24)25)33-14-5-9-23(33)20-6-3-7-21(28)16-20/h3-4,6-8,10-12,16-17,19,23H,2,5,9,13-15,18H2,1H3/t19-,23-/m1/s1. The van der Waals surface area contributed by atoms with Gasteiger partial charge in [-0.05, 0) is 67.1 Å². The number of anilines is 2. The summed E-state index contributed by atoms with van der Waals surface area (Å²) in [7, 11) is 0. The molecular weight excluding hydrogens is 427 g/mol. The fraction of sp³-hybridized carbons (Fsp3) is 0.370. The third-order valence-electron chi connectivity index (χ3n) is 7.31. The number of benzene rings is 1. The van der Waals surface area contributed by atoms with E-state index in [0.717, 1.165) is 72.6 Å². The van der Waals surface area contributed by atoms with Crippen molar-refractivity contribution in [2.45, 2.75) is 38.6 Å². The van der Waals surface area contributed by atoms with E-state index in [1.165, 1.54) is 18.9 Å². The van der Waals surface area contributed by atoms with Gasteiger partial charge in [0.05, 0.1) is 17.9 Å². The highest BCUT2D eigenvalue weighted by Gasteiger charge is 2.28. The molecule has 3 aromatic heterocycles. The molecule has 0 radical (unpaired) electrons. The lowest BCUT2D eigenvalue weighted by Gasteiger charge is -2.26. The average molecular weight is 457 g/mol.